The molecule has 0 bridgehead atoms. The molecule has 43 heavy (non-hydrogen) atoms. The molecule has 7 nitrogen and oxygen atoms in total. The number of rotatable bonds is 22. The van der Waals surface area contributed by atoms with Crippen LogP contribution in [-0.2, 0) is 37.0 Å². The maximum absolute atomic E-state index is 11.7. The molecule has 0 aromatic heterocycles. The van der Waals surface area contributed by atoms with Gasteiger partial charge in [-0.25, -0.2) is 0 Å². The number of nitrogens with zero attached hydrogens (tertiary/aromatic N) is 1. The van der Waals surface area contributed by atoms with E-state index in [1.807, 2.05) is 43.3 Å². The summed E-state index contributed by atoms with van der Waals surface area (Å²) in [5.74, 6) is -0.124. The van der Waals surface area contributed by atoms with Gasteiger partial charge < -0.3 is 24.1 Å². The number of likely N-dealkylation sites (N-methyl/N-ethyl adjacent to an activating group) is 1. The number of carbonyl (C=O) groups excluding carboxylic acids is 1. The van der Waals surface area contributed by atoms with Crippen molar-refractivity contribution in [1.82, 2.24) is 4.90 Å². The first-order valence-corrected chi connectivity index (χ1v) is 16.5. The van der Waals surface area contributed by atoms with Gasteiger partial charge in [-0.1, -0.05) is 99.7 Å². The number of hydrogen-bond donors (Lipinski definition) is 1. The summed E-state index contributed by atoms with van der Waals surface area (Å²) in [4.78, 5) is 14.1. The number of esters is 1. The van der Waals surface area contributed by atoms with Crippen molar-refractivity contribution in [2.75, 3.05) is 26.8 Å². The molecular formula is C36H55NO6. The summed E-state index contributed by atoms with van der Waals surface area (Å²) in [5.41, 5.74) is 2.26. The van der Waals surface area contributed by atoms with E-state index in [-0.39, 0.29) is 36.9 Å². The van der Waals surface area contributed by atoms with Crippen molar-refractivity contribution in [3.63, 3.8) is 0 Å². The van der Waals surface area contributed by atoms with Crippen LogP contribution >= 0.6 is 0 Å². The Kier molecular flexibility index (Phi) is 16.9. The molecule has 1 aliphatic carbocycles. The van der Waals surface area contributed by atoms with E-state index >= 15 is 0 Å². The lowest BCUT2D eigenvalue weighted by atomic mass is 10.1. The Hall–Kier alpha value is -2.29. The van der Waals surface area contributed by atoms with Crippen LogP contribution in [0.3, 0.4) is 0 Å². The summed E-state index contributed by atoms with van der Waals surface area (Å²) in [6.07, 6.45) is 8.18. The largest absolute Gasteiger partial charge is 0.466 e. The third-order valence-corrected chi connectivity index (χ3v) is 8.24. The van der Waals surface area contributed by atoms with Crippen molar-refractivity contribution in [2.45, 2.75) is 122 Å². The van der Waals surface area contributed by atoms with E-state index in [0.717, 1.165) is 62.6 Å². The maximum Gasteiger partial charge on any atom is 0.305 e. The Balaban J connectivity index is 1.69. The first kappa shape index (κ1) is 35.2. The molecule has 240 valence electrons. The van der Waals surface area contributed by atoms with Crippen LogP contribution in [-0.4, -0.2) is 73.2 Å². The van der Waals surface area contributed by atoms with Crippen LogP contribution in [0.4, 0.5) is 0 Å². The lowest BCUT2D eigenvalue weighted by molar-refractivity contribution is -0.143. The smallest absolute Gasteiger partial charge is 0.305 e. The summed E-state index contributed by atoms with van der Waals surface area (Å²) in [6.45, 7) is 6.62. The average Bonchev–Trinajstić information content (AvgIpc) is 3.38. The van der Waals surface area contributed by atoms with Crippen LogP contribution < -0.4 is 0 Å². The maximum atomic E-state index is 11.7. The number of aliphatic hydroxyl groups is 1. The number of ether oxygens (including phenoxy) is 4. The molecule has 3 rings (SSSR count). The summed E-state index contributed by atoms with van der Waals surface area (Å²) in [5, 5.41) is 10.8. The molecule has 5 unspecified atom stereocenters. The molecule has 1 N–H and O–H groups in total. The van der Waals surface area contributed by atoms with Crippen molar-refractivity contribution < 1.29 is 28.8 Å². The second kappa shape index (κ2) is 20.6. The van der Waals surface area contributed by atoms with E-state index in [4.69, 9.17) is 18.9 Å². The van der Waals surface area contributed by atoms with Crippen molar-refractivity contribution in [2.24, 2.45) is 0 Å². The Labute approximate surface area is 259 Å². The molecule has 5 atom stereocenters. The molecule has 0 saturated heterocycles. The van der Waals surface area contributed by atoms with Crippen molar-refractivity contribution in [3.8, 4) is 0 Å². The van der Waals surface area contributed by atoms with Crippen molar-refractivity contribution >= 4 is 5.97 Å². The van der Waals surface area contributed by atoms with E-state index in [9.17, 15) is 9.90 Å². The monoisotopic (exact) mass is 597 g/mol. The third kappa shape index (κ3) is 13.1. The highest BCUT2D eigenvalue weighted by molar-refractivity contribution is 5.69. The second-order valence-electron chi connectivity index (χ2n) is 11.8. The van der Waals surface area contributed by atoms with E-state index in [1.165, 1.54) is 12.8 Å². The zero-order valence-electron chi connectivity index (χ0n) is 26.7. The molecule has 2 aromatic carbocycles. The van der Waals surface area contributed by atoms with Gasteiger partial charge in [0.05, 0.1) is 50.8 Å². The van der Waals surface area contributed by atoms with Crippen LogP contribution in [0.25, 0.3) is 0 Å². The summed E-state index contributed by atoms with van der Waals surface area (Å²) < 4.78 is 24.8. The van der Waals surface area contributed by atoms with Crippen LogP contribution in [0.15, 0.2) is 60.7 Å². The van der Waals surface area contributed by atoms with Gasteiger partial charge in [-0.3, -0.25) is 9.69 Å². The number of unbranched alkanes of at least 4 members (excludes halogenated alkanes) is 5. The first-order valence-electron chi connectivity index (χ1n) is 16.5. The fraction of sp³-hybridized carbons (Fsp3) is 0.639. The molecular weight excluding hydrogens is 542 g/mol. The molecule has 1 saturated carbocycles. The zero-order valence-corrected chi connectivity index (χ0v) is 26.7. The second-order valence-corrected chi connectivity index (χ2v) is 11.8. The lowest BCUT2D eigenvalue weighted by Crippen LogP contribution is -2.49. The van der Waals surface area contributed by atoms with Crippen LogP contribution in [0.1, 0.15) is 89.2 Å². The van der Waals surface area contributed by atoms with Gasteiger partial charge in [0.1, 0.15) is 6.10 Å². The van der Waals surface area contributed by atoms with Crippen LogP contribution in [0, 0.1) is 0 Å². The number of aliphatic hydroxyl groups excluding tert-OH is 1. The number of benzene rings is 2. The minimum Gasteiger partial charge on any atom is -0.466 e. The molecule has 0 radical (unpaired) electrons. The molecule has 1 fully saturated rings. The van der Waals surface area contributed by atoms with Gasteiger partial charge in [-0.2, -0.15) is 0 Å². The Bertz CT molecular complexity index is 990. The van der Waals surface area contributed by atoms with Crippen molar-refractivity contribution in [3.05, 3.63) is 71.8 Å². The predicted molar refractivity (Wildman–Crippen MR) is 171 cm³/mol. The Morgan fingerprint density at radius 2 is 1.47 bits per heavy atom. The molecule has 0 spiro atoms. The molecule has 0 heterocycles. The summed E-state index contributed by atoms with van der Waals surface area (Å²) >= 11 is 0. The Morgan fingerprint density at radius 1 is 0.837 bits per heavy atom. The minimum atomic E-state index is -0.496. The fourth-order valence-corrected chi connectivity index (χ4v) is 5.86. The van der Waals surface area contributed by atoms with Gasteiger partial charge >= 0.3 is 5.97 Å². The topological polar surface area (TPSA) is 77.5 Å². The highest BCUT2D eigenvalue weighted by Crippen LogP contribution is 2.33. The standard InChI is InChI=1S/C36H55NO6/c1-4-6-7-15-22-31(38)28-43-36-33(42-27-30-20-13-9-14-21-30)25-32(41-26-29-18-11-8-12-19-29)35(36)37(3)24-17-10-16-23-34(39)40-5-2/h8-9,11-14,18-21,31-33,35-36,38H,4-7,10,15-17,22-28H2,1-3H3. The normalized spacial score (nSPS) is 20.9. The molecule has 0 aliphatic heterocycles. The quantitative estimate of drug-likeness (QED) is 0.120. The van der Waals surface area contributed by atoms with Gasteiger partial charge in [0.25, 0.3) is 0 Å². The van der Waals surface area contributed by atoms with Gasteiger partial charge in [0, 0.05) is 12.8 Å². The summed E-state index contributed by atoms with van der Waals surface area (Å²) in [6, 6.07) is 20.5. The number of carbonyl (C=O) groups is 1. The SMILES string of the molecule is CCCCCCC(O)COC1C(OCc2ccccc2)CC(OCc2ccccc2)C1N(C)CCCCCC(=O)OCC. The fourth-order valence-electron chi connectivity index (χ4n) is 5.86. The highest BCUT2D eigenvalue weighted by Gasteiger charge is 2.47. The van der Waals surface area contributed by atoms with E-state index < -0.39 is 6.10 Å². The molecule has 7 heteroatoms. The van der Waals surface area contributed by atoms with Crippen molar-refractivity contribution in [1.29, 1.82) is 0 Å². The highest BCUT2D eigenvalue weighted by atomic mass is 16.6. The Morgan fingerprint density at radius 3 is 2.09 bits per heavy atom. The molecule has 0 amide bonds. The van der Waals surface area contributed by atoms with E-state index in [1.54, 1.807) is 0 Å². The predicted octanol–water partition coefficient (Wildman–Crippen LogP) is 6.70. The van der Waals surface area contributed by atoms with Gasteiger partial charge in [0.15, 0.2) is 0 Å². The summed E-state index contributed by atoms with van der Waals surface area (Å²) in [7, 11) is 2.13. The minimum absolute atomic E-state index is 0.0261. The molecule has 1 aliphatic rings. The van der Waals surface area contributed by atoms with Crippen LogP contribution in [0.5, 0.6) is 0 Å². The van der Waals surface area contributed by atoms with Gasteiger partial charge in [-0.05, 0) is 50.9 Å². The van der Waals surface area contributed by atoms with Gasteiger partial charge in [-0.15, -0.1) is 0 Å². The average molecular weight is 598 g/mol. The molecule has 2 aromatic rings. The van der Waals surface area contributed by atoms with Gasteiger partial charge in [0.2, 0.25) is 0 Å². The van der Waals surface area contributed by atoms with E-state index in [2.05, 4.69) is 43.1 Å². The lowest BCUT2D eigenvalue weighted by Gasteiger charge is -2.35. The third-order valence-electron chi connectivity index (χ3n) is 8.24. The zero-order chi connectivity index (χ0) is 30.7. The first-order chi connectivity index (χ1) is 21.0. The number of hydrogen-bond acceptors (Lipinski definition) is 7. The van der Waals surface area contributed by atoms with Crippen LogP contribution in [0.2, 0.25) is 0 Å². The van der Waals surface area contributed by atoms with E-state index in [0.29, 0.717) is 26.2 Å².